The quantitative estimate of drug-likeness (QED) is 0.278. The third-order valence-electron chi connectivity index (χ3n) is 7.94. The fraction of sp³-hybridized carbons (Fsp3) is 0.312. The van der Waals surface area contributed by atoms with Crippen molar-refractivity contribution in [3.8, 4) is 11.1 Å². The van der Waals surface area contributed by atoms with Crippen LogP contribution in [0.3, 0.4) is 0 Å². The molecule has 224 valence electrons. The van der Waals surface area contributed by atoms with E-state index in [1.165, 1.54) is 9.37 Å². The van der Waals surface area contributed by atoms with Crippen LogP contribution in [0.4, 0.5) is 11.4 Å². The zero-order valence-electron chi connectivity index (χ0n) is 24.0. The number of ether oxygens (including phenoxy) is 1. The number of rotatable bonds is 9. The summed E-state index contributed by atoms with van der Waals surface area (Å²) in [6.07, 6.45) is 2.68. The number of amides is 1. The number of benzene rings is 3. The molecule has 10 nitrogen and oxygen atoms in total. The molecule has 43 heavy (non-hydrogen) atoms. The summed E-state index contributed by atoms with van der Waals surface area (Å²) in [4.78, 5) is 24.3. The Kier molecular flexibility index (Phi) is 7.82. The van der Waals surface area contributed by atoms with Gasteiger partial charge in [0.15, 0.2) is 0 Å². The Morgan fingerprint density at radius 3 is 2.49 bits per heavy atom. The van der Waals surface area contributed by atoms with Crippen molar-refractivity contribution in [2.24, 2.45) is 16.1 Å². The van der Waals surface area contributed by atoms with Gasteiger partial charge in [-0.1, -0.05) is 43.3 Å². The van der Waals surface area contributed by atoms with Crippen LogP contribution in [-0.2, 0) is 31.0 Å². The van der Waals surface area contributed by atoms with Crippen LogP contribution in [0.1, 0.15) is 30.9 Å². The van der Waals surface area contributed by atoms with Gasteiger partial charge < -0.3 is 16.2 Å². The summed E-state index contributed by atoms with van der Waals surface area (Å²) in [7, 11) is -3.61. The molecular formula is C32H35N5O5S. The molecule has 3 aromatic carbocycles. The average Bonchev–Trinajstić information content (AvgIpc) is 3.11. The predicted octanol–water partition coefficient (Wildman–Crippen LogP) is 4.10. The largest absolute Gasteiger partial charge is 0.399 e. The van der Waals surface area contributed by atoms with E-state index < -0.39 is 10.0 Å². The van der Waals surface area contributed by atoms with E-state index in [4.69, 9.17) is 21.0 Å². The first-order valence-corrected chi connectivity index (χ1v) is 15.7. The van der Waals surface area contributed by atoms with Crippen LogP contribution in [0.25, 0.3) is 17.2 Å². The molecule has 1 spiro atoms. The first-order valence-electron chi connectivity index (χ1n) is 14.3. The van der Waals surface area contributed by atoms with Crippen LogP contribution in [-0.4, -0.2) is 62.4 Å². The Hall–Kier alpha value is -4.03. The number of carbonyl (C=O) groups excluding carboxylic acids is 1. The van der Waals surface area contributed by atoms with Gasteiger partial charge in [-0.05, 0) is 59.5 Å². The number of nitrogens with two attached hydrogens (primary N) is 2. The first kappa shape index (κ1) is 29.1. The third kappa shape index (κ3) is 5.94. The summed E-state index contributed by atoms with van der Waals surface area (Å²) < 4.78 is 33.4. The number of anilines is 1. The second-order valence-corrected chi connectivity index (χ2v) is 13.4. The molecule has 2 saturated heterocycles. The molecule has 0 aromatic heterocycles. The molecule has 3 aromatic rings. The number of hydrogen-bond acceptors (Lipinski definition) is 8. The Morgan fingerprint density at radius 1 is 1.05 bits per heavy atom. The van der Waals surface area contributed by atoms with Crippen molar-refractivity contribution in [1.82, 2.24) is 9.37 Å². The van der Waals surface area contributed by atoms with Gasteiger partial charge in [0.2, 0.25) is 10.0 Å². The van der Waals surface area contributed by atoms with E-state index in [-0.39, 0.29) is 29.2 Å². The Balaban J connectivity index is 1.22. The number of carbonyl (C=O) groups is 1. The molecule has 4 N–H and O–H groups in total. The van der Waals surface area contributed by atoms with Crippen LogP contribution in [0, 0.1) is 5.41 Å². The predicted molar refractivity (Wildman–Crippen MR) is 165 cm³/mol. The molecule has 0 atom stereocenters. The molecule has 0 saturated carbocycles. The molecule has 0 unspecified atom stereocenters. The molecule has 3 aliphatic rings. The van der Waals surface area contributed by atoms with E-state index in [0.717, 1.165) is 22.3 Å². The van der Waals surface area contributed by atoms with Gasteiger partial charge in [0.25, 0.3) is 5.91 Å². The van der Waals surface area contributed by atoms with Crippen LogP contribution in [0.2, 0.25) is 0 Å². The van der Waals surface area contributed by atoms with Gasteiger partial charge in [0.1, 0.15) is 12.4 Å². The lowest BCUT2D eigenvalue weighted by Gasteiger charge is -2.53. The molecule has 2 fully saturated rings. The summed E-state index contributed by atoms with van der Waals surface area (Å²) in [5, 5.41) is 1.37. The summed E-state index contributed by atoms with van der Waals surface area (Å²) in [5.41, 5.74) is 17.0. The Morgan fingerprint density at radius 2 is 1.79 bits per heavy atom. The van der Waals surface area contributed by atoms with Gasteiger partial charge in [-0.25, -0.2) is 18.5 Å². The fourth-order valence-electron chi connectivity index (χ4n) is 5.49. The van der Waals surface area contributed by atoms with Crippen LogP contribution in [0.15, 0.2) is 82.2 Å². The highest BCUT2D eigenvalue weighted by molar-refractivity contribution is 7.89. The molecular weight excluding hydrogens is 566 g/mol. The number of amidine groups is 1. The highest BCUT2D eigenvalue weighted by atomic mass is 32.2. The van der Waals surface area contributed by atoms with E-state index in [1.54, 1.807) is 36.4 Å². The summed E-state index contributed by atoms with van der Waals surface area (Å²) in [5.74, 6) is 0.0278. The smallest absolute Gasteiger partial charge is 0.273 e. The normalized spacial score (nSPS) is 17.6. The zero-order valence-corrected chi connectivity index (χ0v) is 24.8. The van der Waals surface area contributed by atoms with Crippen molar-refractivity contribution < 1.29 is 22.8 Å². The van der Waals surface area contributed by atoms with E-state index >= 15 is 0 Å². The maximum Gasteiger partial charge on any atom is 0.273 e. The summed E-state index contributed by atoms with van der Waals surface area (Å²) in [6, 6.07) is 19.9. The van der Waals surface area contributed by atoms with Gasteiger partial charge >= 0.3 is 0 Å². The van der Waals surface area contributed by atoms with Gasteiger partial charge in [0, 0.05) is 48.3 Å². The molecule has 0 aliphatic carbocycles. The number of nitrogen functional groups attached to an aromatic ring is 1. The molecule has 0 radical (unpaired) electrons. The monoisotopic (exact) mass is 601 g/mol. The van der Waals surface area contributed by atoms with Gasteiger partial charge in [-0.15, -0.1) is 0 Å². The lowest BCUT2D eigenvalue weighted by molar-refractivity contribution is -0.187. The average molecular weight is 602 g/mol. The summed E-state index contributed by atoms with van der Waals surface area (Å²) in [6.45, 7) is 4.83. The molecule has 6 rings (SSSR count). The van der Waals surface area contributed by atoms with Crippen molar-refractivity contribution in [2.45, 2.75) is 31.3 Å². The minimum Gasteiger partial charge on any atom is -0.399 e. The van der Waals surface area contributed by atoms with Crippen molar-refractivity contribution >= 4 is 39.2 Å². The van der Waals surface area contributed by atoms with E-state index in [2.05, 4.69) is 4.99 Å². The molecule has 11 heteroatoms. The van der Waals surface area contributed by atoms with Gasteiger partial charge in [-0.2, -0.15) is 4.31 Å². The van der Waals surface area contributed by atoms with Crippen molar-refractivity contribution in [2.75, 3.05) is 38.6 Å². The SMILES string of the molecule is CCCN(OCc1ccc(N)cc1)C(=O)C1=Cc2ccc(-c3cccc(S(=O)(=O)N4CC5(COC5)C4)c3)cc2N=C(N)C1. The number of aliphatic imine (C=N–C) groups is 1. The highest BCUT2D eigenvalue weighted by Gasteiger charge is 2.53. The van der Waals surface area contributed by atoms with E-state index in [0.29, 0.717) is 62.1 Å². The minimum absolute atomic E-state index is 0.00993. The molecule has 3 aliphatic heterocycles. The minimum atomic E-state index is -3.61. The highest BCUT2D eigenvalue weighted by Crippen LogP contribution is 2.41. The zero-order chi connectivity index (χ0) is 30.2. The van der Waals surface area contributed by atoms with Crippen LogP contribution < -0.4 is 11.5 Å². The third-order valence-corrected chi connectivity index (χ3v) is 9.72. The maximum atomic E-state index is 13.6. The standard InChI is InChI=1S/C32H35N5O5S/c1-2-12-37(42-17-22-6-10-27(33)11-7-22)31(38)26-13-25-9-8-24(15-29(25)35-30(34)16-26)23-4-3-5-28(14-23)43(39,40)36-18-32(19-36)20-41-21-32/h3-11,13-15H,2,12,16-21,33H2,1H3,(H2,34,35). The van der Waals surface area contributed by atoms with Crippen LogP contribution >= 0.6 is 0 Å². The van der Waals surface area contributed by atoms with Gasteiger partial charge in [-0.3, -0.25) is 9.63 Å². The first-order chi connectivity index (χ1) is 20.7. The van der Waals surface area contributed by atoms with Gasteiger partial charge in [0.05, 0.1) is 23.8 Å². The van der Waals surface area contributed by atoms with E-state index in [1.807, 2.05) is 43.3 Å². The second-order valence-electron chi connectivity index (χ2n) is 11.4. The Bertz CT molecular complexity index is 1710. The maximum absolute atomic E-state index is 13.6. The van der Waals surface area contributed by atoms with Crippen molar-refractivity contribution in [3.63, 3.8) is 0 Å². The lowest BCUT2D eigenvalue weighted by atomic mass is 9.80. The number of nitrogens with zero attached hydrogens (tertiary/aromatic N) is 3. The number of hydrogen-bond donors (Lipinski definition) is 2. The number of fused-ring (bicyclic) bond motifs is 1. The molecule has 3 heterocycles. The fourth-order valence-corrected chi connectivity index (χ4v) is 7.20. The topological polar surface area (TPSA) is 141 Å². The van der Waals surface area contributed by atoms with Crippen molar-refractivity contribution in [3.05, 3.63) is 83.4 Å². The summed E-state index contributed by atoms with van der Waals surface area (Å²) >= 11 is 0. The Labute approximate surface area is 251 Å². The number of hydroxylamine groups is 2. The second kappa shape index (κ2) is 11.6. The van der Waals surface area contributed by atoms with Crippen LogP contribution in [0.5, 0.6) is 0 Å². The van der Waals surface area contributed by atoms with E-state index in [9.17, 15) is 13.2 Å². The lowest BCUT2D eigenvalue weighted by Crippen LogP contribution is -2.66. The van der Waals surface area contributed by atoms with Crippen molar-refractivity contribution in [1.29, 1.82) is 0 Å². The molecule has 0 bridgehead atoms. The molecule has 1 amide bonds. The number of sulfonamides is 1.